The highest BCUT2D eigenvalue weighted by atomic mass is 14.7. The average molecular weight is 656 g/mol. The van der Waals surface area contributed by atoms with Gasteiger partial charge in [0.2, 0.25) is 0 Å². The maximum atomic E-state index is 3.73. The van der Waals surface area contributed by atoms with Crippen molar-refractivity contribution in [1.29, 1.82) is 0 Å². The predicted molar refractivity (Wildman–Crippen MR) is 215 cm³/mol. The van der Waals surface area contributed by atoms with E-state index in [2.05, 4.69) is 168 Å². The molecule has 0 amide bonds. The van der Waals surface area contributed by atoms with Crippen LogP contribution < -0.4 is 0 Å². The van der Waals surface area contributed by atoms with Gasteiger partial charge in [0.05, 0.1) is 0 Å². The first-order valence-corrected chi connectivity index (χ1v) is 18.3. The fourth-order valence-electron chi connectivity index (χ4n) is 9.51. The van der Waals surface area contributed by atoms with Gasteiger partial charge in [-0.3, -0.25) is 0 Å². The van der Waals surface area contributed by atoms with E-state index < -0.39 is 0 Å². The summed E-state index contributed by atoms with van der Waals surface area (Å²) in [6, 6.07) is 47.1. The van der Waals surface area contributed by atoms with Crippen molar-refractivity contribution in [2.24, 2.45) is 0 Å². The van der Waals surface area contributed by atoms with Gasteiger partial charge in [0.25, 0.3) is 0 Å². The van der Waals surface area contributed by atoms with Gasteiger partial charge in [0, 0.05) is 33.6 Å². The lowest BCUT2D eigenvalue weighted by molar-refractivity contribution is 0.984. The second-order valence-corrected chi connectivity index (χ2v) is 15.5. The van der Waals surface area contributed by atoms with Crippen LogP contribution in [0.3, 0.4) is 0 Å². The second kappa shape index (κ2) is 10.9. The topological polar surface area (TPSA) is 15.8 Å². The molecule has 246 valence electrons. The molecule has 1 atom stereocenters. The summed E-state index contributed by atoms with van der Waals surface area (Å²) in [7, 11) is 0. The summed E-state index contributed by atoms with van der Waals surface area (Å²) in [5.74, 6) is 0.339. The maximum absolute atomic E-state index is 3.73. The number of H-pyrrole nitrogens is 1. The van der Waals surface area contributed by atoms with Gasteiger partial charge >= 0.3 is 0 Å². The van der Waals surface area contributed by atoms with Crippen LogP contribution in [0.2, 0.25) is 0 Å². The fraction of sp³-hybridized carbons (Fsp3) is 0.160. The van der Waals surface area contributed by atoms with Crippen LogP contribution in [0.1, 0.15) is 78.6 Å². The number of hydrogen-bond acceptors (Lipinski definition) is 0. The number of hydrogen-bond donors (Lipinski definition) is 1. The van der Waals surface area contributed by atoms with E-state index in [1.807, 2.05) is 0 Å². The largest absolute Gasteiger partial charge is 0.354 e. The first-order valence-electron chi connectivity index (χ1n) is 18.3. The van der Waals surface area contributed by atoms with Crippen molar-refractivity contribution in [3.05, 3.63) is 188 Å². The molecule has 0 bridgehead atoms. The Labute approximate surface area is 300 Å². The Morgan fingerprint density at radius 1 is 0.392 bits per heavy atom. The van der Waals surface area contributed by atoms with E-state index in [1.54, 1.807) is 0 Å². The van der Waals surface area contributed by atoms with E-state index in [1.165, 1.54) is 122 Å². The molecule has 1 nitrogen and oxygen atoms in total. The summed E-state index contributed by atoms with van der Waals surface area (Å²) >= 11 is 0. The second-order valence-electron chi connectivity index (χ2n) is 15.5. The Morgan fingerprint density at radius 2 is 0.961 bits per heavy atom. The van der Waals surface area contributed by atoms with Crippen molar-refractivity contribution >= 4 is 21.8 Å². The number of nitrogens with one attached hydrogen (secondary N) is 1. The molecule has 8 aromatic rings. The molecule has 1 heteroatoms. The minimum atomic E-state index is 0.149. The van der Waals surface area contributed by atoms with E-state index in [0.29, 0.717) is 0 Å². The lowest BCUT2D eigenvalue weighted by Crippen LogP contribution is -2.05. The molecule has 7 aromatic carbocycles. The van der Waals surface area contributed by atoms with Crippen LogP contribution >= 0.6 is 0 Å². The summed E-state index contributed by atoms with van der Waals surface area (Å²) in [5, 5.41) is 2.59. The highest BCUT2D eigenvalue weighted by Crippen LogP contribution is 2.56. The summed E-state index contributed by atoms with van der Waals surface area (Å²) in [5.41, 5.74) is 26.8. The third-order valence-corrected chi connectivity index (χ3v) is 11.6. The predicted octanol–water partition coefficient (Wildman–Crippen LogP) is 13.2. The van der Waals surface area contributed by atoms with E-state index in [9.17, 15) is 0 Å². The third-order valence-electron chi connectivity index (χ3n) is 11.6. The van der Waals surface area contributed by atoms with E-state index in [-0.39, 0.29) is 11.8 Å². The molecule has 0 saturated heterocycles. The van der Waals surface area contributed by atoms with Crippen molar-refractivity contribution < 1.29 is 0 Å². The Balaban J connectivity index is 1.20. The normalized spacial score (nSPS) is 14.6. The molecule has 0 radical (unpaired) electrons. The molecule has 1 aromatic heterocycles. The maximum Gasteiger partial charge on any atom is 0.0473 e. The smallest absolute Gasteiger partial charge is 0.0473 e. The van der Waals surface area contributed by atoms with Crippen LogP contribution in [0.5, 0.6) is 0 Å². The molecule has 1 N–H and O–H groups in total. The zero-order valence-corrected chi connectivity index (χ0v) is 30.2. The van der Waals surface area contributed by atoms with Gasteiger partial charge < -0.3 is 4.98 Å². The Bertz CT molecular complexity index is 2720. The Kier molecular flexibility index (Phi) is 6.46. The zero-order chi connectivity index (χ0) is 34.7. The standard InChI is InChI=1S/C50H41N/c1-27-10-14-35-40(18-27)41-19-28(2)11-15-36(41)48(35)44-23-31(5)22-43-47(42-20-29(3)12-16-37(42)49(43)44)34-9-7-8-33(26-34)39-21-32(6)25-46-50(39)38-17-13-30(4)24-45(38)51-46/h7-26,47-48,51H,1-6H3. The monoisotopic (exact) mass is 655 g/mol. The molecule has 0 aliphatic heterocycles. The molecule has 1 heterocycles. The molecule has 2 aliphatic rings. The Morgan fingerprint density at radius 3 is 1.71 bits per heavy atom. The van der Waals surface area contributed by atoms with Gasteiger partial charge in [-0.2, -0.15) is 0 Å². The molecular weight excluding hydrogens is 615 g/mol. The van der Waals surface area contributed by atoms with Crippen LogP contribution in [0.25, 0.3) is 55.2 Å². The first-order chi connectivity index (χ1) is 24.7. The molecule has 2 aliphatic carbocycles. The molecule has 0 fully saturated rings. The molecule has 1 unspecified atom stereocenters. The first kappa shape index (κ1) is 30.2. The van der Waals surface area contributed by atoms with Gasteiger partial charge in [-0.25, -0.2) is 0 Å². The van der Waals surface area contributed by atoms with Crippen molar-refractivity contribution in [3.8, 4) is 33.4 Å². The van der Waals surface area contributed by atoms with Gasteiger partial charge in [0.15, 0.2) is 0 Å². The van der Waals surface area contributed by atoms with Gasteiger partial charge in [0.1, 0.15) is 0 Å². The van der Waals surface area contributed by atoms with Crippen molar-refractivity contribution in [1.82, 2.24) is 4.98 Å². The molecule has 10 rings (SSSR count). The lowest BCUT2D eigenvalue weighted by Gasteiger charge is -2.21. The van der Waals surface area contributed by atoms with E-state index in [0.717, 1.165) is 0 Å². The minimum Gasteiger partial charge on any atom is -0.354 e. The number of aromatic nitrogens is 1. The van der Waals surface area contributed by atoms with Crippen LogP contribution in [-0.4, -0.2) is 4.98 Å². The number of aryl methyl sites for hydroxylation is 6. The molecule has 51 heavy (non-hydrogen) atoms. The lowest BCUT2D eigenvalue weighted by atomic mass is 9.81. The number of rotatable bonds is 3. The van der Waals surface area contributed by atoms with Crippen LogP contribution in [-0.2, 0) is 0 Å². The minimum absolute atomic E-state index is 0.149. The zero-order valence-electron chi connectivity index (χ0n) is 30.2. The van der Waals surface area contributed by atoms with Crippen LogP contribution in [0, 0.1) is 41.5 Å². The van der Waals surface area contributed by atoms with Crippen molar-refractivity contribution in [2.45, 2.75) is 53.4 Å². The fourth-order valence-corrected chi connectivity index (χ4v) is 9.51. The quantitative estimate of drug-likeness (QED) is 0.195. The molecular formula is C50H41N. The summed E-state index contributed by atoms with van der Waals surface area (Å²) in [6.45, 7) is 13.3. The van der Waals surface area contributed by atoms with Crippen molar-refractivity contribution in [2.75, 3.05) is 0 Å². The number of aromatic amines is 1. The number of benzene rings is 7. The van der Waals surface area contributed by atoms with Gasteiger partial charge in [-0.05, 0) is 132 Å². The van der Waals surface area contributed by atoms with E-state index in [4.69, 9.17) is 0 Å². The third kappa shape index (κ3) is 4.54. The summed E-state index contributed by atoms with van der Waals surface area (Å²) in [4.78, 5) is 3.73. The summed E-state index contributed by atoms with van der Waals surface area (Å²) in [6.07, 6.45) is 0. The molecule has 0 saturated carbocycles. The van der Waals surface area contributed by atoms with Gasteiger partial charge in [-0.1, -0.05) is 131 Å². The molecule has 0 spiro atoms. The Hall–Kier alpha value is -5.66. The van der Waals surface area contributed by atoms with Gasteiger partial charge in [-0.15, -0.1) is 0 Å². The SMILES string of the molecule is Cc1ccc2c(c1)-c1cc(C)ccc1C2c1cc(C)cc2c1-c1ccc(C)cc1C2c1cccc(-c2cc(C)cc3[nH]c4cc(C)ccc4c23)c1. The highest BCUT2D eigenvalue weighted by molar-refractivity contribution is 6.14. The highest BCUT2D eigenvalue weighted by Gasteiger charge is 2.38. The average Bonchev–Trinajstić information content (AvgIpc) is 3.73. The van der Waals surface area contributed by atoms with Crippen LogP contribution in [0.15, 0.2) is 121 Å². The van der Waals surface area contributed by atoms with E-state index >= 15 is 0 Å². The van der Waals surface area contributed by atoms with Crippen LogP contribution in [0.4, 0.5) is 0 Å². The summed E-state index contributed by atoms with van der Waals surface area (Å²) < 4.78 is 0. The van der Waals surface area contributed by atoms with Crippen molar-refractivity contribution in [3.63, 3.8) is 0 Å². The number of fused-ring (bicyclic) bond motifs is 9.